The lowest BCUT2D eigenvalue weighted by Crippen LogP contribution is -2.29. The third kappa shape index (κ3) is 8.32. The molecule has 1 rings (SSSR count). The van der Waals surface area contributed by atoms with E-state index in [1.165, 1.54) is 0 Å². The number of halogens is 1. The molecule has 6 heteroatoms. The average Bonchev–Trinajstić information content (AvgIpc) is 2.44. The molecule has 0 radical (unpaired) electrons. The predicted octanol–water partition coefficient (Wildman–Crippen LogP) is 2.76. The zero-order valence-electron chi connectivity index (χ0n) is 12.1. The smallest absolute Gasteiger partial charge is 0.303 e. The number of carbonyl (C=O) groups is 2. The molecule has 1 aromatic carbocycles. The van der Waals surface area contributed by atoms with Crippen LogP contribution in [0.5, 0.6) is 0 Å². The van der Waals surface area contributed by atoms with Crippen molar-refractivity contribution in [2.45, 2.75) is 26.2 Å². The molecule has 1 atom stereocenters. The van der Waals surface area contributed by atoms with Crippen molar-refractivity contribution in [3.05, 3.63) is 29.3 Å². The molecule has 0 aliphatic carbocycles. The van der Waals surface area contributed by atoms with Gasteiger partial charge in [-0.15, -0.1) is 0 Å². The molecule has 1 unspecified atom stereocenters. The van der Waals surface area contributed by atoms with Crippen LogP contribution in [0.25, 0.3) is 0 Å². The number of rotatable bonds is 9. The lowest BCUT2D eigenvalue weighted by atomic mass is 10.0. The second-order valence-corrected chi connectivity index (χ2v) is 5.49. The van der Waals surface area contributed by atoms with Crippen LogP contribution in [0.1, 0.15) is 26.2 Å². The van der Waals surface area contributed by atoms with Gasteiger partial charge in [-0.05, 0) is 49.6 Å². The van der Waals surface area contributed by atoms with Crippen molar-refractivity contribution in [3.63, 3.8) is 0 Å². The van der Waals surface area contributed by atoms with E-state index in [-0.39, 0.29) is 18.9 Å². The number of amides is 1. The fraction of sp³-hybridized carbons (Fsp3) is 0.467. The van der Waals surface area contributed by atoms with Crippen molar-refractivity contribution >= 4 is 29.2 Å². The summed E-state index contributed by atoms with van der Waals surface area (Å²) in [5, 5.41) is 15.0. The van der Waals surface area contributed by atoms with Gasteiger partial charge in [-0.2, -0.15) is 0 Å². The number of hydrogen-bond donors (Lipinski definition) is 3. The summed E-state index contributed by atoms with van der Waals surface area (Å²) in [7, 11) is 0. The molecule has 116 valence electrons. The molecule has 0 fully saturated rings. The van der Waals surface area contributed by atoms with Crippen LogP contribution in [0.15, 0.2) is 24.3 Å². The van der Waals surface area contributed by atoms with Crippen LogP contribution >= 0.6 is 11.6 Å². The topological polar surface area (TPSA) is 78.4 Å². The van der Waals surface area contributed by atoms with E-state index in [1.807, 2.05) is 6.92 Å². The van der Waals surface area contributed by atoms with Crippen molar-refractivity contribution in [1.82, 2.24) is 5.32 Å². The van der Waals surface area contributed by atoms with E-state index in [9.17, 15) is 9.59 Å². The van der Waals surface area contributed by atoms with E-state index in [1.54, 1.807) is 24.3 Å². The van der Waals surface area contributed by atoms with Gasteiger partial charge in [0.25, 0.3) is 0 Å². The van der Waals surface area contributed by atoms with Crippen molar-refractivity contribution in [2.24, 2.45) is 5.92 Å². The quantitative estimate of drug-likeness (QED) is 0.613. The first-order chi connectivity index (χ1) is 9.97. The fourth-order valence-corrected chi connectivity index (χ4v) is 1.93. The van der Waals surface area contributed by atoms with Crippen LogP contribution in [-0.4, -0.2) is 30.1 Å². The summed E-state index contributed by atoms with van der Waals surface area (Å²) in [6.45, 7) is 2.93. The highest BCUT2D eigenvalue weighted by Crippen LogP contribution is 2.13. The van der Waals surface area contributed by atoms with Gasteiger partial charge in [-0.25, -0.2) is 0 Å². The molecule has 0 saturated carbocycles. The Kier molecular flexibility index (Phi) is 7.79. The molecule has 0 aromatic heterocycles. The van der Waals surface area contributed by atoms with Gasteiger partial charge in [0, 0.05) is 17.1 Å². The van der Waals surface area contributed by atoms with Crippen molar-refractivity contribution < 1.29 is 14.7 Å². The Balaban J connectivity index is 2.13. The second kappa shape index (κ2) is 9.37. The van der Waals surface area contributed by atoms with E-state index in [4.69, 9.17) is 16.7 Å². The zero-order chi connectivity index (χ0) is 15.7. The molecule has 5 nitrogen and oxygen atoms in total. The minimum atomic E-state index is -0.767. The molecule has 0 bridgehead atoms. The Hall–Kier alpha value is -1.59. The van der Waals surface area contributed by atoms with Gasteiger partial charge in [0.05, 0.1) is 6.54 Å². The number of carboxylic acids is 1. The highest BCUT2D eigenvalue weighted by molar-refractivity contribution is 6.30. The lowest BCUT2D eigenvalue weighted by molar-refractivity contribution is -0.137. The number of aliphatic carboxylic acids is 1. The van der Waals surface area contributed by atoms with Gasteiger partial charge < -0.3 is 15.7 Å². The molecular weight excluding hydrogens is 292 g/mol. The summed E-state index contributed by atoms with van der Waals surface area (Å²) in [4.78, 5) is 22.1. The third-order valence-electron chi connectivity index (χ3n) is 3.08. The standard InChI is InChI=1S/C15H21ClN2O3/c1-11(2-7-15(20)21)8-9-17-10-14(19)18-13-5-3-12(16)4-6-13/h3-6,11,17H,2,7-10H2,1H3,(H,18,19)(H,20,21). The van der Waals surface area contributed by atoms with E-state index in [0.29, 0.717) is 29.6 Å². The molecule has 3 N–H and O–H groups in total. The molecule has 0 heterocycles. The van der Waals surface area contributed by atoms with Crippen LogP contribution in [0, 0.1) is 5.92 Å². The number of anilines is 1. The molecular formula is C15H21ClN2O3. The van der Waals surface area contributed by atoms with Crippen LogP contribution in [0.4, 0.5) is 5.69 Å². The predicted molar refractivity (Wildman–Crippen MR) is 83.6 cm³/mol. The maximum Gasteiger partial charge on any atom is 0.303 e. The number of carboxylic acid groups (broad SMARTS) is 1. The molecule has 0 aliphatic rings. The second-order valence-electron chi connectivity index (χ2n) is 5.06. The first-order valence-electron chi connectivity index (χ1n) is 6.95. The average molecular weight is 313 g/mol. The Bertz CT molecular complexity index is 462. The molecule has 0 spiro atoms. The van der Waals surface area contributed by atoms with Gasteiger partial charge in [0.1, 0.15) is 0 Å². The number of carbonyl (C=O) groups excluding carboxylic acids is 1. The lowest BCUT2D eigenvalue weighted by Gasteiger charge is -2.11. The van der Waals surface area contributed by atoms with Gasteiger partial charge in [0.15, 0.2) is 0 Å². The Labute approximate surface area is 129 Å². The van der Waals surface area contributed by atoms with Gasteiger partial charge in [-0.1, -0.05) is 18.5 Å². The van der Waals surface area contributed by atoms with Gasteiger partial charge in [-0.3, -0.25) is 9.59 Å². The first-order valence-corrected chi connectivity index (χ1v) is 7.33. The minimum absolute atomic E-state index is 0.115. The number of benzene rings is 1. The number of hydrogen-bond acceptors (Lipinski definition) is 3. The summed E-state index contributed by atoms with van der Waals surface area (Å²) < 4.78 is 0. The molecule has 1 aromatic rings. The largest absolute Gasteiger partial charge is 0.481 e. The normalized spacial score (nSPS) is 11.9. The van der Waals surface area contributed by atoms with Gasteiger partial charge >= 0.3 is 5.97 Å². The van der Waals surface area contributed by atoms with E-state index in [2.05, 4.69) is 10.6 Å². The summed E-state index contributed by atoms with van der Waals surface area (Å²) in [6.07, 6.45) is 1.70. The van der Waals surface area contributed by atoms with Crippen LogP contribution < -0.4 is 10.6 Å². The van der Waals surface area contributed by atoms with Crippen LogP contribution in [0.3, 0.4) is 0 Å². The monoisotopic (exact) mass is 312 g/mol. The summed E-state index contributed by atoms with van der Waals surface area (Å²) in [5.41, 5.74) is 0.709. The van der Waals surface area contributed by atoms with Crippen molar-refractivity contribution in [1.29, 1.82) is 0 Å². The highest BCUT2D eigenvalue weighted by Gasteiger charge is 2.06. The van der Waals surface area contributed by atoms with E-state index < -0.39 is 5.97 Å². The maximum absolute atomic E-state index is 11.7. The SMILES string of the molecule is CC(CCNCC(=O)Nc1ccc(Cl)cc1)CCC(=O)O. The zero-order valence-corrected chi connectivity index (χ0v) is 12.8. The number of nitrogens with one attached hydrogen (secondary N) is 2. The summed E-state index contributed by atoms with van der Waals surface area (Å²) in [5.74, 6) is -0.555. The Morgan fingerprint density at radius 1 is 1.24 bits per heavy atom. The van der Waals surface area contributed by atoms with Gasteiger partial charge in [0.2, 0.25) is 5.91 Å². The minimum Gasteiger partial charge on any atom is -0.481 e. The first kappa shape index (κ1) is 17.5. The van der Waals surface area contributed by atoms with E-state index >= 15 is 0 Å². The molecule has 1 amide bonds. The molecule has 0 saturated heterocycles. The van der Waals surface area contributed by atoms with Crippen molar-refractivity contribution in [3.8, 4) is 0 Å². The summed E-state index contributed by atoms with van der Waals surface area (Å²) in [6, 6.07) is 6.92. The van der Waals surface area contributed by atoms with E-state index in [0.717, 1.165) is 6.42 Å². The third-order valence-corrected chi connectivity index (χ3v) is 3.33. The van der Waals surface area contributed by atoms with Crippen molar-refractivity contribution in [2.75, 3.05) is 18.4 Å². The fourth-order valence-electron chi connectivity index (χ4n) is 1.80. The molecule has 21 heavy (non-hydrogen) atoms. The highest BCUT2D eigenvalue weighted by atomic mass is 35.5. The van der Waals surface area contributed by atoms with Crippen LogP contribution in [-0.2, 0) is 9.59 Å². The van der Waals surface area contributed by atoms with Crippen LogP contribution in [0.2, 0.25) is 5.02 Å². The maximum atomic E-state index is 11.7. The molecule has 0 aliphatic heterocycles. The Morgan fingerprint density at radius 3 is 2.52 bits per heavy atom. The summed E-state index contributed by atoms with van der Waals surface area (Å²) >= 11 is 5.76. The Morgan fingerprint density at radius 2 is 1.90 bits per heavy atom.